The first kappa shape index (κ1) is 23.0. The second kappa shape index (κ2) is 13.3. The Morgan fingerprint density at radius 1 is 0.833 bits per heavy atom. The molecule has 0 aromatic carbocycles. The van der Waals surface area contributed by atoms with E-state index in [0.29, 0.717) is 12.1 Å². The Kier molecular flexibility index (Phi) is 16.9. The highest BCUT2D eigenvalue weighted by molar-refractivity contribution is 4.68. The van der Waals surface area contributed by atoms with Crippen molar-refractivity contribution in [3.63, 3.8) is 0 Å². The minimum absolute atomic E-state index is 0. The fourth-order valence-corrected chi connectivity index (χ4v) is 1.29. The van der Waals surface area contributed by atoms with Gasteiger partial charge in [-0.1, -0.05) is 35.1 Å². The van der Waals surface area contributed by atoms with Gasteiger partial charge in [0.2, 0.25) is 0 Å². The average Bonchev–Trinajstić information content (AvgIpc) is 2.16. The number of aliphatic hydroxyl groups is 2. The maximum absolute atomic E-state index is 9.01. The number of hydrogen-bond donors (Lipinski definition) is 4. The molecule has 4 N–H and O–H groups in total. The van der Waals surface area contributed by atoms with Crippen LogP contribution in [0, 0.1) is 0 Å². The first-order valence-corrected chi connectivity index (χ1v) is 6.51. The molecular formula is C14H36N2O2. The van der Waals surface area contributed by atoms with E-state index in [1.165, 1.54) is 0 Å². The molecule has 0 rings (SSSR count). The molecule has 0 radical (unpaired) electrons. The van der Waals surface area contributed by atoms with Crippen LogP contribution in [-0.4, -0.2) is 47.1 Å². The summed E-state index contributed by atoms with van der Waals surface area (Å²) < 4.78 is 0. The van der Waals surface area contributed by atoms with E-state index in [9.17, 15) is 0 Å². The first-order valence-electron chi connectivity index (χ1n) is 6.51. The summed E-state index contributed by atoms with van der Waals surface area (Å²) in [5.41, 5.74) is 0. The number of nitrogens with one attached hydrogen (secondary N) is 2. The second-order valence-corrected chi connectivity index (χ2v) is 5.26. The number of rotatable bonds is 6. The van der Waals surface area contributed by atoms with Crippen molar-refractivity contribution in [1.29, 1.82) is 0 Å². The Labute approximate surface area is 114 Å². The van der Waals surface area contributed by atoms with Crippen LogP contribution in [0.25, 0.3) is 0 Å². The fraction of sp³-hybridized carbons (Fsp3) is 1.00. The van der Waals surface area contributed by atoms with Crippen LogP contribution >= 0.6 is 0 Å². The summed E-state index contributed by atoms with van der Waals surface area (Å²) >= 11 is 0. The Hall–Kier alpha value is -0.160. The highest BCUT2D eigenvalue weighted by Crippen LogP contribution is 1.91. The third kappa shape index (κ3) is 18.2. The summed E-state index contributed by atoms with van der Waals surface area (Å²) in [6.07, 6.45) is -0.257. The number of aliphatic hydroxyl groups excluding tert-OH is 2. The molecule has 0 saturated heterocycles. The molecule has 0 aliphatic heterocycles. The zero-order chi connectivity index (χ0) is 14.0. The Balaban J connectivity index is -0.000000238. The van der Waals surface area contributed by atoms with E-state index < -0.39 is 0 Å². The van der Waals surface area contributed by atoms with Gasteiger partial charge in [0.25, 0.3) is 0 Å². The molecule has 0 aliphatic rings. The highest BCUT2D eigenvalue weighted by atomic mass is 16.3. The molecular weight excluding hydrogens is 228 g/mol. The maximum atomic E-state index is 9.01. The van der Waals surface area contributed by atoms with E-state index in [0.717, 1.165) is 0 Å². The Morgan fingerprint density at radius 3 is 1.33 bits per heavy atom. The zero-order valence-corrected chi connectivity index (χ0v) is 12.5. The smallest absolute Gasteiger partial charge is 0.0662 e. The second-order valence-electron chi connectivity index (χ2n) is 5.26. The molecule has 0 spiro atoms. The third-order valence-corrected chi connectivity index (χ3v) is 2.21. The molecule has 0 saturated carbocycles. The van der Waals surface area contributed by atoms with Gasteiger partial charge in [0, 0.05) is 24.2 Å². The Morgan fingerprint density at radius 2 is 1.22 bits per heavy atom. The van der Waals surface area contributed by atoms with Crippen LogP contribution in [-0.2, 0) is 0 Å². The molecule has 0 unspecified atom stereocenters. The van der Waals surface area contributed by atoms with Crippen LogP contribution in [0.2, 0.25) is 0 Å². The van der Waals surface area contributed by atoms with Crippen LogP contribution in [0.1, 0.15) is 55.9 Å². The van der Waals surface area contributed by atoms with E-state index in [4.69, 9.17) is 10.2 Å². The van der Waals surface area contributed by atoms with Gasteiger partial charge in [-0.3, -0.25) is 0 Å². The van der Waals surface area contributed by atoms with Gasteiger partial charge in [-0.05, 0) is 20.8 Å². The van der Waals surface area contributed by atoms with Crippen LogP contribution in [0.5, 0.6) is 0 Å². The molecule has 114 valence electrons. The van der Waals surface area contributed by atoms with Crippen LogP contribution in [0.3, 0.4) is 0 Å². The van der Waals surface area contributed by atoms with Crippen molar-refractivity contribution in [3.05, 3.63) is 0 Å². The van der Waals surface area contributed by atoms with E-state index >= 15 is 0 Å². The van der Waals surface area contributed by atoms with Gasteiger partial charge in [0.05, 0.1) is 12.7 Å². The van der Waals surface area contributed by atoms with Crippen molar-refractivity contribution < 1.29 is 10.2 Å². The van der Waals surface area contributed by atoms with Gasteiger partial charge in [0.1, 0.15) is 0 Å². The summed E-state index contributed by atoms with van der Waals surface area (Å²) in [5.74, 6) is 0. The normalized spacial score (nSPS) is 15.5. The van der Waals surface area contributed by atoms with Crippen molar-refractivity contribution in [1.82, 2.24) is 10.6 Å². The summed E-state index contributed by atoms with van der Waals surface area (Å²) in [6.45, 7) is 14.2. The van der Waals surface area contributed by atoms with Gasteiger partial charge in [-0.2, -0.15) is 0 Å². The van der Waals surface area contributed by atoms with Crippen molar-refractivity contribution in [2.45, 2.75) is 86.2 Å². The predicted octanol–water partition coefficient (Wildman–Crippen LogP) is 1.75. The Bertz CT molecular complexity index is 162. The van der Waals surface area contributed by atoms with Gasteiger partial charge < -0.3 is 20.8 Å². The maximum Gasteiger partial charge on any atom is 0.0662 e. The van der Waals surface area contributed by atoms with E-state index in [-0.39, 0.29) is 32.2 Å². The largest absolute Gasteiger partial charge is 0.395 e. The predicted molar refractivity (Wildman–Crippen MR) is 81.0 cm³/mol. The lowest BCUT2D eigenvalue weighted by Crippen LogP contribution is -2.39. The van der Waals surface area contributed by atoms with Crippen molar-refractivity contribution in [2.75, 3.05) is 6.61 Å². The standard InChI is InChI=1S/C7H17NO.C6H15NO.CH4/c1-5(2)8-6(3)7(4)9;1-5(2)7-6(3)4-8;/h5-9H,1-4H3;5-8H,4H2,1-3H3;1H4/t6-,7-;6-;/m11./s1. The van der Waals surface area contributed by atoms with E-state index in [1.807, 2.05) is 13.8 Å². The minimum atomic E-state index is -0.257. The average molecular weight is 264 g/mol. The van der Waals surface area contributed by atoms with Crippen LogP contribution < -0.4 is 10.6 Å². The molecule has 0 amide bonds. The first-order chi connectivity index (χ1) is 7.70. The molecule has 0 aromatic heterocycles. The molecule has 4 heteroatoms. The lowest BCUT2D eigenvalue weighted by molar-refractivity contribution is 0.148. The van der Waals surface area contributed by atoms with E-state index in [1.54, 1.807) is 6.92 Å². The molecule has 0 fully saturated rings. The fourth-order valence-electron chi connectivity index (χ4n) is 1.29. The topological polar surface area (TPSA) is 64.5 Å². The van der Waals surface area contributed by atoms with Gasteiger partial charge in [0.15, 0.2) is 0 Å². The monoisotopic (exact) mass is 264 g/mol. The van der Waals surface area contributed by atoms with Crippen molar-refractivity contribution in [3.8, 4) is 0 Å². The molecule has 0 heterocycles. The summed E-state index contributed by atoms with van der Waals surface area (Å²) in [6, 6.07) is 1.35. The quantitative estimate of drug-likeness (QED) is 0.590. The highest BCUT2D eigenvalue weighted by Gasteiger charge is 2.07. The van der Waals surface area contributed by atoms with Crippen molar-refractivity contribution >= 4 is 0 Å². The lowest BCUT2D eigenvalue weighted by atomic mass is 10.2. The third-order valence-electron chi connectivity index (χ3n) is 2.21. The summed E-state index contributed by atoms with van der Waals surface area (Å²) in [7, 11) is 0. The van der Waals surface area contributed by atoms with Crippen LogP contribution in [0.15, 0.2) is 0 Å². The van der Waals surface area contributed by atoms with Gasteiger partial charge in [-0.15, -0.1) is 0 Å². The van der Waals surface area contributed by atoms with Gasteiger partial charge >= 0.3 is 0 Å². The minimum Gasteiger partial charge on any atom is -0.395 e. The van der Waals surface area contributed by atoms with E-state index in [2.05, 4.69) is 38.3 Å². The molecule has 0 aromatic rings. The molecule has 18 heavy (non-hydrogen) atoms. The number of hydrogen-bond acceptors (Lipinski definition) is 4. The lowest BCUT2D eigenvalue weighted by Gasteiger charge is -2.18. The SMILES string of the molecule is C.CC(C)N[C@H](C)CO.CC(C)N[C@H](C)[C@@H](C)O. The summed E-state index contributed by atoms with van der Waals surface area (Å²) in [4.78, 5) is 0. The molecule has 0 aliphatic carbocycles. The zero-order valence-electron chi connectivity index (χ0n) is 12.5. The van der Waals surface area contributed by atoms with Crippen molar-refractivity contribution in [2.24, 2.45) is 0 Å². The summed E-state index contributed by atoms with van der Waals surface area (Å²) in [5, 5.41) is 23.9. The molecule has 4 nitrogen and oxygen atoms in total. The van der Waals surface area contributed by atoms with Gasteiger partial charge in [-0.25, -0.2) is 0 Å². The van der Waals surface area contributed by atoms with Crippen LogP contribution in [0.4, 0.5) is 0 Å². The molecule has 3 atom stereocenters. The molecule has 0 bridgehead atoms.